The maximum atomic E-state index is 10.3. The first-order chi connectivity index (χ1) is 41.4. The predicted molar refractivity (Wildman–Crippen MR) is 247 cm³/mol. The van der Waals surface area contributed by atoms with Crippen molar-refractivity contribution in [3.63, 3.8) is 0 Å². The van der Waals surface area contributed by atoms with Crippen LogP contribution in [-0.2, 0) is 5.41 Å². The molecule has 0 unspecified atom stereocenters. The summed E-state index contributed by atoms with van der Waals surface area (Å²) in [5.74, 6) is 0. The summed E-state index contributed by atoms with van der Waals surface area (Å²) in [6.45, 7) is 2.86. The van der Waals surface area contributed by atoms with E-state index >= 15 is 0 Å². The van der Waals surface area contributed by atoms with E-state index in [1.165, 1.54) is 13.8 Å². The minimum atomic E-state index is -1.74. The number of para-hydroxylation sites is 1. The smallest absolute Gasteiger partial charge is 0.145 e. The number of rotatable bonds is 5. The molecule has 0 aliphatic heterocycles. The van der Waals surface area contributed by atoms with E-state index in [2.05, 4.69) is 0 Å². The number of anilines is 3. The average Bonchev–Trinajstić information content (AvgIpc) is 1.59. The highest BCUT2D eigenvalue weighted by Gasteiger charge is 2.38. The Morgan fingerprint density at radius 3 is 2.10 bits per heavy atom. The molecule has 0 radical (unpaired) electrons. The van der Waals surface area contributed by atoms with Crippen molar-refractivity contribution in [2.45, 2.75) is 19.3 Å². The van der Waals surface area contributed by atoms with E-state index < -0.39 is 276 Å². The van der Waals surface area contributed by atoms with Crippen molar-refractivity contribution >= 4 is 81.3 Å². The fourth-order valence-corrected chi connectivity index (χ4v) is 8.31. The Bertz CT molecular complexity index is 5230. The van der Waals surface area contributed by atoms with E-state index in [1.54, 1.807) is 0 Å². The van der Waals surface area contributed by atoms with E-state index in [1.807, 2.05) is 0 Å². The third-order valence-corrected chi connectivity index (χ3v) is 11.1. The lowest BCUT2D eigenvalue weighted by Crippen LogP contribution is -2.16. The molecule has 2 aromatic heterocycles. The molecule has 0 saturated heterocycles. The highest BCUT2D eigenvalue weighted by atomic mass is 32.1. The molecule has 3 heteroatoms. The molecule has 0 fully saturated rings. The average molecular weight is 791 g/mol. The van der Waals surface area contributed by atoms with Gasteiger partial charge >= 0.3 is 0 Å². The summed E-state index contributed by atoms with van der Waals surface area (Å²) in [4.78, 5) is 0.597. The lowest BCUT2D eigenvalue weighted by atomic mass is 9.82. The monoisotopic (exact) mass is 790 g/mol. The van der Waals surface area contributed by atoms with Crippen molar-refractivity contribution in [1.82, 2.24) is 0 Å². The standard InChI is InChI=1S/C55H37NOS/c1-55(2)45-17-8-5-15-42(45)52-46(55)18-11-19-47(52)56(39-27-24-35(25-28-39)37-26-31-51-44(33-37)41-14-7-10-21-50(41)58-51)48-30-29-40(38-23-22-34-12-3-4-13-36(34)32-38)54-53(48)43-16-6-9-20-49(43)57-54/h3-33H,1-2H3/i3D,4D,5D,6D,7D,8D,9D,10D,11D,12D,13D,14D,15D,16D,17D,18D,19D,20D,21D,22D,23D,24D,25D,26D,27D,28D,29D,30D,31D,32D,33D. The van der Waals surface area contributed by atoms with E-state index in [-0.39, 0.29) is 31.3 Å². The van der Waals surface area contributed by atoms with Crippen LogP contribution in [0.2, 0.25) is 0 Å². The molecule has 2 heterocycles. The summed E-state index contributed by atoms with van der Waals surface area (Å²) in [5, 5.41) is -3.31. The molecule has 2 nitrogen and oxygen atoms in total. The number of furan rings is 1. The maximum absolute atomic E-state index is 10.3. The second kappa shape index (κ2) is 12.5. The third kappa shape index (κ3) is 4.90. The fourth-order valence-electron chi connectivity index (χ4n) is 7.39. The van der Waals surface area contributed by atoms with Gasteiger partial charge in [-0.15, -0.1) is 11.3 Å². The maximum Gasteiger partial charge on any atom is 0.145 e. The van der Waals surface area contributed by atoms with Crippen LogP contribution in [0.5, 0.6) is 0 Å². The molecule has 0 spiro atoms. The van der Waals surface area contributed by atoms with Crippen molar-refractivity contribution in [3.8, 4) is 33.4 Å². The number of fused-ring (bicyclic) bond motifs is 10. The number of benzene rings is 9. The van der Waals surface area contributed by atoms with Gasteiger partial charge in [-0.05, 0) is 105 Å². The quantitative estimate of drug-likeness (QED) is 0.173. The summed E-state index contributed by atoms with van der Waals surface area (Å²) in [6, 6.07) is -28.0. The first kappa shape index (κ1) is 14.8. The predicted octanol–water partition coefficient (Wildman–Crippen LogP) is 16.2. The van der Waals surface area contributed by atoms with Crippen LogP contribution < -0.4 is 4.90 Å². The number of thiophene rings is 1. The number of hydrogen-bond acceptors (Lipinski definition) is 3. The van der Waals surface area contributed by atoms with Crippen LogP contribution in [-0.4, -0.2) is 0 Å². The molecule has 0 saturated carbocycles. The molecule has 11 aromatic rings. The van der Waals surface area contributed by atoms with Gasteiger partial charge in [0.2, 0.25) is 0 Å². The molecule has 1 aliphatic rings. The summed E-state index contributed by atoms with van der Waals surface area (Å²) >= 11 is 0.670. The van der Waals surface area contributed by atoms with Gasteiger partial charge in [0.15, 0.2) is 0 Å². The Labute approximate surface area is 384 Å². The summed E-state index contributed by atoms with van der Waals surface area (Å²) < 4.78 is 292. The molecule has 12 rings (SSSR count). The Morgan fingerprint density at radius 2 is 1.21 bits per heavy atom. The van der Waals surface area contributed by atoms with Crippen molar-refractivity contribution < 1.29 is 46.9 Å². The minimum absolute atomic E-state index is 0.114. The minimum Gasteiger partial charge on any atom is -0.455 e. The van der Waals surface area contributed by atoms with Gasteiger partial charge in [-0.25, -0.2) is 0 Å². The molecule has 274 valence electrons. The van der Waals surface area contributed by atoms with Gasteiger partial charge in [-0.3, -0.25) is 0 Å². The largest absolute Gasteiger partial charge is 0.455 e. The van der Waals surface area contributed by atoms with Crippen molar-refractivity contribution in [2.75, 3.05) is 4.90 Å². The zero-order valence-corrected chi connectivity index (χ0v) is 30.6. The van der Waals surface area contributed by atoms with Crippen molar-refractivity contribution in [1.29, 1.82) is 0 Å². The molecule has 1 aliphatic carbocycles. The molecule has 58 heavy (non-hydrogen) atoms. The van der Waals surface area contributed by atoms with E-state index in [9.17, 15) is 23.3 Å². The van der Waals surface area contributed by atoms with E-state index in [0.717, 1.165) is 0 Å². The molecule has 0 atom stereocenters. The second-order valence-corrected chi connectivity index (χ2v) is 14.7. The van der Waals surface area contributed by atoms with Crippen LogP contribution in [0.3, 0.4) is 0 Å². The lowest BCUT2D eigenvalue weighted by Gasteiger charge is -2.30. The van der Waals surface area contributed by atoms with E-state index in [4.69, 9.17) is 23.6 Å². The zero-order valence-electron chi connectivity index (χ0n) is 60.8. The van der Waals surface area contributed by atoms with Gasteiger partial charge in [-0.2, -0.15) is 0 Å². The number of hydrogen-bond donors (Lipinski definition) is 0. The second-order valence-electron chi connectivity index (χ2n) is 13.7. The van der Waals surface area contributed by atoms with Gasteiger partial charge in [0.1, 0.15) is 11.2 Å². The number of nitrogens with zero attached hydrogens (tertiary/aromatic N) is 1. The van der Waals surface area contributed by atoms with Crippen LogP contribution in [0, 0.1) is 0 Å². The Hall–Kier alpha value is -6.94. The Kier molecular flexibility index (Phi) is 3.19. The molecule has 0 bridgehead atoms. The first-order valence-electron chi connectivity index (χ1n) is 33.0. The SMILES string of the molecule is [2H]c1c([2H])c([2H])c2c(c1[2H])-c1c(N(c3c([2H])c([2H])c(-c4c([2H])c([2H])c5sc6c([2H])c([2H])c([2H])c([2H])c6c5c4[2H])c([2H])c3[2H])c3c([2H])c([2H])c(-c4c([2H])c([2H])c5c([2H])c([2H])c([2H])c([2H])c5c4[2H])c4oc5c([2H])c([2H])c([2H])c([2H])c5c34)c([2H])c([2H])c([2H])c1C2(C)C. The summed E-state index contributed by atoms with van der Waals surface area (Å²) in [7, 11) is 0. The van der Waals surface area contributed by atoms with Gasteiger partial charge < -0.3 is 9.32 Å². The Balaban J connectivity index is 1.33. The van der Waals surface area contributed by atoms with E-state index in [0.29, 0.717) is 16.2 Å². The molecular formula is C55H37NOS. The van der Waals surface area contributed by atoms with Gasteiger partial charge in [0.05, 0.1) is 59.3 Å². The normalized spacial score (nSPS) is 20.6. The lowest BCUT2D eigenvalue weighted by molar-refractivity contribution is 0.660. The van der Waals surface area contributed by atoms with Crippen LogP contribution in [0.4, 0.5) is 17.1 Å². The van der Waals surface area contributed by atoms with Crippen LogP contribution >= 0.6 is 11.3 Å². The summed E-state index contributed by atoms with van der Waals surface area (Å²) in [6.07, 6.45) is 0. The summed E-state index contributed by atoms with van der Waals surface area (Å²) in [5.41, 5.74) is -11.0. The van der Waals surface area contributed by atoms with Crippen LogP contribution in [0.15, 0.2) is 192 Å². The first-order valence-corrected chi connectivity index (χ1v) is 18.3. The van der Waals surface area contributed by atoms with Gasteiger partial charge in [0.25, 0.3) is 0 Å². The van der Waals surface area contributed by atoms with Crippen molar-refractivity contribution in [3.05, 3.63) is 198 Å². The van der Waals surface area contributed by atoms with Gasteiger partial charge in [0, 0.05) is 47.8 Å². The fraction of sp³-hybridized carbons (Fsp3) is 0.0545. The topological polar surface area (TPSA) is 16.4 Å². The zero-order chi connectivity index (χ0) is 65.5. The molecular weight excluding hydrogens is 723 g/mol. The van der Waals surface area contributed by atoms with Crippen molar-refractivity contribution in [2.24, 2.45) is 0 Å². The Morgan fingerprint density at radius 1 is 0.500 bits per heavy atom. The van der Waals surface area contributed by atoms with Crippen LogP contribution in [0.25, 0.3) is 86.3 Å². The third-order valence-electron chi connectivity index (χ3n) is 10.1. The van der Waals surface area contributed by atoms with Crippen LogP contribution in [0.1, 0.15) is 67.5 Å². The van der Waals surface area contributed by atoms with Gasteiger partial charge in [-0.1, -0.05) is 141 Å². The highest BCUT2D eigenvalue weighted by Crippen LogP contribution is 2.55. The molecule has 0 amide bonds. The molecule has 0 N–H and O–H groups in total. The molecule has 9 aromatic carbocycles. The highest BCUT2D eigenvalue weighted by molar-refractivity contribution is 7.25.